The van der Waals surface area contributed by atoms with Crippen molar-refractivity contribution in [2.45, 2.75) is 6.54 Å². The molecule has 1 heterocycles. The van der Waals surface area contributed by atoms with Gasteiger partial charge in [-0.05, 0) is 30.3 Å². The highest BCUT2D eigenvalue weighted by molar-refractivity contribution is 5.93. The molecule has 98 valence electrons. The van der Waals surface area contributed by atoms with Gasteiger partial charge in [-0.1, -0.05) is 0 Å². The second-order valence-electron chi connectivity index (χ2n) is 3.99. The molecule has 0 aliphatic rings. The molecule has 0 saturated carbocycles. The number of nitrogen functional groups attached to an aromatic ring is 1. The molecule has 0 aliphatic carbocycles. The third-order valence-electron chi connectivity index (χ3n) is 2.69. The third kappa shape index (κ3) is 3.22. The number of pyridine rings is 1. The number of benzene rings is 1. The van der Waals surface area contributed by atoms with Crippen LogP contribution < -0.4 is 15.8 Å². The lowest BCUT2D eigenvalue weighted by atomic mass is 10.1. The number of carbonyl (C=O) groups excluding carboxylic acids is 1. The molecule has 0 atom stereocenters. The summed E-state index contributed by atoms with van der Waals surface area (Å²) < 4.78 is 5.22. The average molecular weight is 257 g/mol. The Hall–Kier alpha value is -2.56. The summed E-state index contributed by atoms with van der Waals surface area (Å²) in [4.78, 5) is 15.8. The van der Waals surface area contributed by atoms with Gasteiger partial charge in [0.2, 0.25) is 0 Å². The molecule has 19 heavy (non-hydrogen) atoms. The highest BCUT2D eigenvalue weighted by atomic mass is 16.5. The molecule has 1 amide bonds. The van der Waals surface area contributed by atoms with Gasteiger partial charge in [-0.3, -0.25) is 9.78 Å². The van der Waals surface area contributed by atoms with Crippen molar-refractivity contribution in [3.8, 4) is 5.75 Å². The minimum Gasteiger partial charge on any atom is -0.496 e. The summed E-state index contributed by atoms with van der Waals surface area (Å²) >= 11 is 0. The predicted octanol–water partition coefficient (Wildman–Crippen LogP) is 1.60. The van der Waals surface area contributed by atoms with Crippen LogP contribution in [0.5, 0.6) is 5.75 Å². The van der Waals surface area contributed by atoms with Crippen LogP contribution in [0.1, 0.15) is 15.9 Å². The van der Waals surface area contributed by atoms with Gasteiger partial charge in [0, 0.05) is 35.8 Å². The van der Waals surface area contributed by atoms with E-state index < -0.39 is 0 Å². The van der Waals surface area contributed by atoms with Crippen LogP contribution in [0.3, 0.4) is 0 Å². The Labute approximate surface area is 111 Å². The summed E-state index contributed by atoms with van der Waals surface area (Å²) in [6, 6.07) is 8.64. The topological polar surface area (TPSA) is 77.2 Å². The summed E-state index contributed by atoms with van der Waals surface area (Å²) in [7, 11) is 1.58. The van der Waals surface area contributed by atoms with Crippen molar-refractivity contribution in [3.63, 3.8) is 0 Å². The lowest BCUT2D eigenvalue weighted by Crippen LogP contribution is -2.23. The Morgan fingerprint density at radius 1 is 1.32 bits per heavy atom. The van der Waals surface area contributed by atoms with Crippen LogP contribution in [0.25, 0.3) is 0 Å². The SMILES string of the molecule is COc1ccc(N)cc1CNC(=O)c1ccncc1. The molecule has 5 heteroatoms. The number of rotatable bonds is 4. The van der Waals surface area contributed by atoms with Gasteiger partial charge >= 0.3 is 0 Å². The summed E-state index contributed by atoms with van der Waals surface area (Å²) in [5.74, 6) is 0.538. The smallest absolute Gasteiger partial charge is 0.251 e. The van der Waals surface area contributed by atoms with Crippen LogP contribution in [0.15, 0.2) is 42.7 Å². The van der Waals surface area contributed by atoms with Crippen molar-refractivity contribution < 1.29 is 9.53 Å². The van der Waals surface area contributed by atoms with Gasteiger partial charge in [-0.25, -0.2) is 0 Å². The van der Waals surface area contributed by atoms with Crippen LogP contribution in [-0.4, -0.2) is 18.0 Å². The van der Waals surface area contributed by atoms with E-state index >= 15 is 0 Å². The Kier molecular flexibility index (Phi) is 3.97. The first-order chi connectivity index (χ1) is 9.20. The Bertz CT molecular complexity index is 570. The summed E-state index contributed by atoms with van der Waals surface area (Å²) in [5.41, 5.74) is 7.76. The first-order valence-electron chi connectivity index (χ1n) is 5.81. The number of carbonyl (C=O) groups is 1. The van der Waals surface area contributed by atoms with Gasteiger partial charge in [0.25, 0.3) is 5.91 Å². The number of ether oxygens (including phenoxy) is 1. The van der Waals surface area contributed by atoms with E-state index in [1.807, 2.05) is 0 Å². The normalized spacial score (nSPS) is 9.95. The molecule has 2 aromatic rings. The van der Waals surface area contributed by atoms with E-state index in [4.69, 9.17) is 10.5 Å². The van der Waals surface area contributed by atoms with E-state index in [0.29, 0.717) is 23.5 Å². The molecule has 3 N–H and O–H groups in total. The molecular formula is C14H15N3O2. The number of nitrogens with one attached hydrogen (secondary N) is 1. The van der Waals surface area contributed by atoms with Gasteiger partial charge in [-0.2, -0.15) is 0 Å². The molecule has 1 aromatic carbocycles. The molecule has 0 radical (unpaired) electrons. The Balaban J connectivity index is 2.07. The Morgan fingerprint density at radius 3 is 2.74 bits per heavy atom. The van der Waals surface area contributed by atoms with Crippen molar-refractivity contribution in [2.75, 3.05) is 12.8 Å². The number of nitrogens with zero attached hydrogens (tertiary/aromatic N) is 1. The van der Waals surface area contributed by atoms with E-state index in [0.717, 1.165) is 5.56 Å². The maximum atomic E-state index is 11.9. The summed E-state index contributed by atoms with van der Waals surface area (Å²) in [5, 5.41) is 2.81. The van der Waals surface area contributed by atoms with Gasteiger partial charge in [-0.15, -0.1) is 0 Å². The average Bonchev–Trinajstić information content (AvgIpc) is 2.46. The quantitative estimate of drug-likeness (QED) is 0.816. The van der Waals surface area contributed by atoms with Crippen LogP contribution in [0.2, 0.25) is 0 Å². The number of hydrogen-bond donors (Lipinski definition) is 2. The molecule has 0 unspecified atom stereocenters. The fourth-order valence-electron chi connectivity index (χ4n) is 1.72. The van der Waals surface area contributed by atoms with Crippen molar-refractivity contribution in [1.29, 1.82) is 0 Å². The maximum absolute atomic E-state index is 11.9. The molecule has 1 aromatic heterocycles. The highest BCUT2D eigenvalue weighted by Gasteiger charge is 2.07. The zero-order chi connectivity index (χ0) is 13.7. The van der Waals surface area contributed by atoms with Gasteiger partial charge in [0.1, 0.15) is 5.75 Å². The molecule has 5 nitrogen and oxygen atoms in total. The molecular weight excluding hydrogens is 242 g/mol. The van der Waals surface area contributed by atoms with E-state index in [1.165, 1.54) is 0 Å². The number of amides is 1. The monoisotopic (exact) mass is 257 g/mol. The van der Waals surface area contributed by atoms with Crippen LogP contribution in [0, 0.1) is 0 Å². The van der Waals surface area contributed by atoms with Crippen LogP contribution in [-0.2, 0) is 6.54 Å². The number of nitrogens with two attached hydrogens (primary N) is 1. The van der Waals surface area contributed by atoms with Crippen molar-refractivity contribution in [2.24, 2.45) is 0 Å². The van der Waals surface area contributed by atoms with E-state index in [-0.39, 0.29) is 5.91 Å². The fraction of sp³-hybridized carbons (Fsp3) is 0.143. The first-order valence-corrected chi connectivity index (χ1v) is 5.81. The predicted molar refractivity (Wildman–Crippen MR) is 72.8 cm³/mol. The lowest BCUT2D eigenvalue weighted by Gasteiger charge is -2.10. The molecule has 2 rings (SSSR count). The number of anilines is 1. The Morgan fingerprint density at radius 2 is 2.05 bits per heavy atom. The minimum absolute atomic E-state index is 0.160. The highest BCUT2D eigenvalue weighted by Crippen LogP contribution is 2.20. The molecule has 0 bridgehead atoms. The minimum atomic E-state index is -0.160. The van der Waals surface area contributed by atoms with E-state index in [2.05, 4.69) is 10.3 Å². The van der Waals surface area contributed by atoms with Crippen molar-refractivity contribution in [3.05, 3.63) is 53.9 Å². The fourth-order valence-corrected chi connectivity index (χ4v) is 1.72. The maximum Gasteiger partial charge on any atom is 0.251 e. The number of aromatic nitrogens is 1. The first kappa shape index (κ1) is 12.9. The zero-order valence-corrected chi connectivity index (χ0v) is 10.6. The summed E-state index contributed by atoms with van der Waals surface area (Å²) in [6.45, 7) is 0.357. The molecule has 0 saturated heterocycles. The van der Waals surface area contributed by atoms with Gasteiger partial charge < -0.3 is 15.8 Å². The number of hydrogen-bond acceptors (Lipinski definition) is 4. The van der Waals surface area contributed by atoms with Crippen molar-refractivity contribution in [1.82, 2.24) is 10.3 Å². The van der Waals surface area contributed by atoms with Gasteiger partial charge in [0.15, 0.2) is 0 Å². The van der Waals surface area contributed by atoms with Crippen LogP contribution >= 0.6 is 0 Å². The summed E-state index contributed by atoms with van der Waals surface area (Å²) in [6.07, 6.45) is 3.16. The van der Waals surface area contributed by atoms with Gasteiger partial charge in [0.05, 0.1) is 7.11 Å². The molecule has 0 fully saturated rings. The van der Waals surface area contributed by atoms with Crippen LogP contribution in [0.4, 0.5) is 5.69 Å². The number of methoxy groups -OCH3 is 1. The largest absolute Gasteiger partial charge is 0.496 e. The van der Waals surface area contributed by atoms with E-state index in [9.17, 15) is 4.79 Å². The second-order valence-corrected chi connectivity index (χ2v) is 3.99. The standard InChI is InChI=1S/C14H15N3O2/c1-19-13-3-2-12(15)8-11(13)9-17-14(18)10-4-6-16-7-5-10/h2-8H,9,15H2,1H3,(H,17,18). The second kappa shape index (κ2) is 5.86. The van der Waals surface area contributed by atoms with E-state index in [1.54, 1.807) is 49.8 Å². The van der Waals surface area contributed by atoms with Crippen molar-refractivity contribution >= 4 is 11.6 Å². The molecule has 0 spiro atoms. The molecule has 0 aliphatic heterocycles. The zero-order valence-electron chi connectivity index (χ0n) is 10.6. The third-order valence-corrected chi connectivity index (χ3v) is 2.69. The lowest BCUT2D eigenvalue weighted by molar-refractivity contribution is 0.0950.